The van der Waals surface area contributed by atoms with Gasteiger partial charge in [0, 0.05) is 6.42 Å². The molecule has 4 heteroatoms. The van der Waals surface area contributed by atoms with Crippen LogP contribution in [0.2, 0.25) is 0 Å². The molecule has 1 aromatic heterocycles. The Labute approximate surface area is 104 Å². The monoisotopic (exact) mass is 239 g/mol. The fourth-order valence-corrected chi connectivity index (χ4v) is 1.35. The molecule has 0 aliphatic heterocycles. The van der Waals surface area contributed by atoms with Gasteiger partial charge in [0.15, 0.2) is 5.82 Å². The molecule has 0 radical (unpaired) electrons. The molecule has 0 bridgehead atoms. The maximum atomic E-state index is 5.98. The Bertz CT molecular complexity index is 352. The van der Waals surface area contributed by atoms with Gasteiger partial charge in [-0.25, -0.2) is 0 Å². The summed E-state index contributed by atoms with van der Waals surface area (Å²) < 4.78 is 5.26. The van der Waals surface area contributed by atoms with Gasteiger partial charge < -0.3 is 10.3 Å². The molecule has 17 heavy (non-hydrogen) atoms. The van der Waals surface area contributed by atoms with Gasteiger partial charge in [0.05, 0.1) is 6.04 Å². The quantitative estimate of drug-likeness (QED) is 0.877. The molecule has 1 rings (SSSR count). The number of nitrogens with two attached hydrogens (primary N) is 1. The van der Waals surface area contributed by atoms with Gasteiger partial charge in [-0.3, -0.25) is 0 Å². The van der Waals surface area contributed by atoms with Crippen LogP contribution in [0, 0.1) is 17.3 Å². The van der Waals surface area contributed by atoms with Crippen LogP contribution in [-0.4, -0.2) is 10.1 Å². The van der Waals surface area contributed by atoms with E-state index in [9.17, 15) is 0 Å². The van der Waals surface area contributed by atoms with Crippen molar-refractivity contribution < 1.29 is 4.52 Å². The molecular formula is C13H25N3O. The lowest BCUT2D eigenvalue weighted by atomic mass is 9.80. The highest BCUT2D eigenvalue weighted by atomic mass is 16.5. The van der Waals surface area contributed by atoms with Crippen molar-refractivity contribution in [2.75, 3.05) is 0 Å². The number of aromatic nitrogens is 2. The van der Waals surface area contributed by atoms with Gasteiger partial charge in [-0.15, -0.1) is 0 Å². The van der Waals surface area contributed by atoms with E-state index in [2.05, 4.69) is 51.7 Å². The molecule has 0 saturated carbocycles. The normalized spacial score (nSPS) is 16.2. The predicted molar refractivity (Wildman–Crippen MR) is 68.4 cm³/mol. The maximum absolute atomic E-state index is 5.98. The van der Waals surface area contributed by atoms with Crippen molar-refractivity contribution in [3.63, 3.8) is 0 Å². The van der Waals surface area contributed by atoms with Crippen molar-refractivity contribution >= 4 is 0 Å². The minimum Gasteiger partial charge on any atom is -0.339 e. The van der Waals surface area contributed by atoms with Crippen LogP contribution in [0.3, 0.4) is 0 Å². The van der Waals surface area contributed by atoms with Gasteiger partial charge in [0.2, 0.25) is 5.89 Å². The summed E-state index contributed by atoms with van der Waals surface area (Å²) in [5.74, 6) is 2.13. The molecule has 2 atom stereocenters. The molecule has 0 aliphatic rings. The highest BCUT2D eigenvalue weighted by Crippen LogP contribution is 2.28. The minimum atomic E-state index is -0.141. The number of hydrogen-bond acceptors (Lipinski definition) is 4. The predicted octanol–water partition coefficient (Wildman–Crippen LogP) is 2.95. The van der Waals surface area contributed by atoms with Crippen LogP contribution in [0.4, 0.5) is 0 Å². The molecule has 98 valence electrons. The molecule has 1 aromatic rings. The Morgan fingerprint density at radius 1 is 1.24 bits per heavy atom. The Kier molecular flexibility index (Phi) is 4.31. The molecule has 0 aliphatic carbocycles. The zero-order valence-corrected chi connectivity index (χ0v) is 11.8. The third kappa shape index (κ3) is 3.80. The van der Waals surface area contributed by atoms with E-state index >= 15 is 0 Å². The van der Waals surface area contributed by atoms with Crippen LogP contribution in [0.5, 0.6) is 0 Å². The topological polar surface area (TPSA) is 64.9 Å². The third-order valence-electron chi connectivity index (χ3n) is 3.46. The lowest BCUT2D eigenvalue weighted by Crippen LogP contribution is -2.20. The van der Waals surface area contributed by atoms with Gasteiger partial charge in [0.25, 0.3) is 0 Å². The Hall–Kier alpha value is -0.900. The van der Waals surface area contributed by atoms with Crippen LogP contribution in [-0.2, 0) is 6.42 Å². The highest BCUT2D eigenvalue weighted by molar-refractivity contribution is 4.95. The first-order valence-electron chi connectivity index (χ1n) is 6.30. The van der Waals surface area contributed by atoms with Crippen molar-refractivity contribution in [1.82, 2.24) is 10.1 Å². The van der Waals surface area contributed by atoms with Crippen molar-refractivity contribution in [2.24, 2.45) is 23.0 Å². The number of rotatable bonds is 4. The largest absolute Gasteiger partial charge is 0.339 e. The molecule has 2 N–H and O–H groups in total. The third-order valence-corrected chi connectivity index (χ3v) is 3.46. The number of hydrogen-bond donors (Lipinski definition) is 1. The second-order valence-electron chi connectivity index (χ2n) is 6.29. The average molecular weight is 239 g/mol. The van der Waals surface area contributed by atoms with E-state index in [1.807, 2.05) is 0 Å². The van der Waals surface area contributed by atoms with Gasteiger partial charge in [0.1, 0.15) is 0 Å². The van der Waals surface area contributed by atoms with E-state index in [-0.39, 0.29) is 11.5 Å². The fraction of sp³-hybridized carbons (Fsp3) is 0.846. The minimum absolute atomic E-state index is 0.141. The van der Waals surface area contributed by atoms with Gasteiger partial charge in [-0.2, -0.15) is 4.98 Å². The van der Waals surface area contributed by atoms with E-state index in [0.29, 0.717) is 23.6 Å². The van der Waals surface area contributed by atoms with E-state index in [1.54, 1.807) is 0 Å². The summed E-state index contributed by atoms with van der Waals surface area (Å²) in [6, 6.07) is -0.141. The van der Waals surface area contributed by atoms with Crippen LogP contribution in [0.15, 0.2) is 4.52 Å². The number of nitrogens with zero attached hydrogens (tertiary/aromatic N) is 2. The molecular weight excluding hydrogens is 214 g/mol. The summed E-state index contributed by atoms with van der Waals surface area (Å²) in [5.41, 5.74) is 6.23. The van der Waals surface area contributed by atoms with E-state index in [1.165, 1.54) is 0 Å². The fourth-order valence-electron chi connectivity index (χ4n) is 1.35. The van der Waals surface area contributed by atoms with Crippen LogP contribution < -0.4 is 5.73 Å². The summed E-state index contributed by atoms with van der Waals surface area (Å²) in [5, 5.41) is 3.96. The van der Waals surface area contributed by atoms with Crippen molar-refractivity contribution in [1.29, 1.82) is 0 Å². The molecule has 2 unspecified atom stereocenters. The Morgan fingerprint density at radius 2 is 1.82 bits per heavy atom. The van der Waals surface area contributed by atoms with Crippen molar-refractivity contribution in [3.8, 4) is 0 Å². The molecule has 0 spiro atoms. The van der Waals surface area contributed by atoms with E-state index in [0.717, 1.165) is 6.42 Å². The van der Waals surface area contributed by atoms with Crippen LogP contribution in [0.25, 0.3) is 0 Å². The SMILES string of the molecule is CC(C)C(N)c1noc(CC(C)C(C)(C)C)n1. The maximum Gasteiger partial charge on any atom is 0.226 e. The highest BCUT2D eigenvalue weighted by Gasteiger charge is 2.24. The molecule has 1 heterocycles. The van der Waals surface area contributed by atoms with Gasteiger partial charge in [-0.05, 0) is 17.3 Å². The second kappa shape index (κ2) is 5.17. The standard InChI is InChI=1S/C13H25N3O/c1-8(2)11(14)12-15-10(17-16-12)7-9(3)13(4,5)6/h8-9,11H,7,14H2,1-6H3. The lowest BCUT2D eigenvalue weighted by Gasteiger charge is -2.25. The zero-order chi connectivity index (χ0) is 13.2. The first-order valence-corrected chi connectivity index (χ1v) is 6.30. The Morgan fingerprint density at radius 3 is 2.29 bits per heavy atom. The van der Waals surface area contributed by atoms with Gasteiger partial charge in [-0.1, -0.05) is 46.7 Å². The second-order valence-corrected chi connectivity index (χ2v) is 6.29. The average Bonchev–Trinajstić information content (AvgIpc) is 2.63. The van der Waals surface area contributed by atoms with Crippen molar-refractivity contribution in [3.05, 3.63) is 11.7 Å². The molecule has 4 nitrogen and oxygen atoms in total. The Balaban J connectivity index is 2.69. The summed E-state index contributed by atoms with van der Waals surface area (Å²) in [6.07, 6.45) is 0.807. The van der Waals surface area contributed by atoms with E-state index in [4.69, 9.17) is 10.3 Å². The van der Waals surface area contributed by atoms with Crippen LogP contribution in [0.1, 0.15) is 59.3 Å². The summed E-state index contributed by atoms with van der Waals surface area (Å²) in [4.78, 5) is 4.38. The van der Waals surface area contributed by atoms with Crippen molar-refractivity contribution in [2.45, 2.75) is 54.0 Å². The molecule has 0 fully saturated rings. The first-order chi connectivity index (χ1) is 7.71. The lowest BCUT2D eigenvalue weighted by molar-refractivity contribution is 0.236. The summed E-state index contributed by atoms with van der Waals surface area (Å²) >= 11 is 0. The smallest absolute Gasteiger partial charge is 0.226 e. The zero-order valence-electron chi connectivity index (χ0n) is 11.8. The van der Waals surface area contributed by atoms with Gasteiger partial charge >= 0.3 is 0 Å². The van der Waals surface area contributed by atoms with Crippen LogP contribution >= 0.6 is 0 Å². The summed E-state index contributed by atoms with van der Waals surface area (Å²) in [6.45, 7) is 13.0. The summed E-state index contributed by atoms with van der Waals surface area (Å²) in [7, 11) is 0. The molecule has 0 saturated heterocycles. The molecule has 0 aromatic carbocycles. The first kappa shape index (κ1) is 14.2. The molecule has 0 amide bonds. The van der Waals surface area contributed by atoms with E-state index < -0.39 is 0 Å².